The first kappa shape index (κ1) is 13.2. The Kier molecular flexibility index (Phi) is 3.46. The zero-order valence-corrected chi connectivity index (χ0v) is 13.5. The number of H-pyrrole nitrogens is 1. The molecule has 1 aliphatic rings. The van der Waals surface area contributed by atoms with E-state index in [0.29, 0.717) is 25.3 Å². The first-order valence-electron chi connectivity index (χ1n) is 5.81. The van der Waals surface area contributed by atoms with Crippen LogP contribution in [0.5, 0.6) is 0 Å². The number of aromatic nitrogens is 2. The van der Waals surface area contributed by atoms with Gasteiger partial charge >= 0.3 is 0 Å². The molecule has 1 fully saturated rings. The number of hydrogen-bond acceptors (Lipinski definition) is 2. The smallest absolute Gasteiger partial charge is 0.264 e. The fourth-order valence-electron chi connectivity index (χ4n) is 1.91. The van der Waals surface area contributed by atoms with Crippen LogP contribution in [0.2, 0.25) is 0 Å². The molecule has 1 aromatic heterocycles. The molecule has 0 bridgehead atoms. The average molecular weight is 435 g/mol. The van der Waals surface area contributed by atoms with Crippen molar-refractivity contribution in [2.45, 2.75) is 18.8 Å². The third kappa shape index (κ3) is 2.60. The Balaban J connectivity index is 2.17. The van der Waals surface area contributed by atoms with Crippen LogP contribution in [0.1, 0.15) is 24.5 Å². The molecule has 1 aliphatic carbocycles. The fraction of sp³-hybridized carbons (Fsp3) is 0.231. The van der Waals surface area contributed by atoms with Gasteiger partial charge < -0.3 is 4.98 Å². The Hall–Kier alpha value is -0.760. The number of benzene rings is 1. The minimum Gasteiger partial charge on any atom is -0.306 e. The van der Waals surface area contributed by atoms with Crippen LogP contribution in [0, 0.1) is 9.39 Å². The second-order valence-corrected chi connectivity index (χ2v) is 6.45. The lowest BCUT2D eigenvalue weighted by atomic mass is 10.2. The fourth-order valence-corrected chi connectivity index (χ4v) is 3.15. The first-order valence-corrected chi connectivity index (χ1v) is 7.68. The molecule has 0 spiro atoms. The molecule has 3 nitrogen and oxygen atoms in total. The van der Waals surface area contributed by atoms with Crippen molar-refractivity contribution in [1.29, 1.82) is 0 Å². The van der Waals surface area contributed by atoms with Crippen LogP contribution in [-0.4, -0.2) is 9.97 Å². The summed E-state index contributed by atoms with van der Waals surface area (Å²) in [6.45, 7) is 0. The van der Waals surface area contributed by atoms with E-state index < -0.39 is 0 Å². The molecular formula is C13H9BrFIN2O. The van der Waals surface area contributed by atoms with Gasteiger partial charge in [-0.05, 0) is 69.6 Å². The average Bonchev–Trinajstić information content (AvgIpc) is 3.17. The lowest BCUT2D eigenvalue weighted by molar-refractivity contribution is 0.627. The Bertz CT molecular complexity index is 712. The predicted octanol–water partition coefficient (Wildman–Crippen LogP) is 3.82. The van der Waals surface area contributed by atoms with Crippen LogP contribution in [0.25, 0.3) is 11.4 Å². The third-order valence-electron chi connectivity index (χ3n) is 3.04. The van der Waals surface area contributed by atoms with Crippen LogP contribution in [0.15, 0.2) is 27.5 Å². The van der Waals surface area contributed by atoms with Gasteiger partial charge in [-0.1, -0.05) is 0 Å². The minimum atomic E-state index is -0.328. The van der Waals surface area contributed by atoms with Crippen LogP contribution >= 0.6 is 38.5 Å². The number of aromatic amines is 1. The molecule has 2 aromatic rings. The van der Waals surface area contributed by atoms with Crippen molar-refractivity contribution in [2.75, 3.05) is 0 Å². The normalized spacial score (nSPS) is 14.7. The molecule has 0 atom stereocenters. The van der Waals surface area contributed by atoms with E-state index in [0.717, 1.165) is 18.5 Å². The molecule has 3 rings (SSSR count). The van der Waals surface area contributed by atoms with E-state index in [-0.39, 0.29) is 11.4 Å². The Labute approximate surface area is 130 Å². The molecule has 1 saturated carbocycles. The second kappa shape index (κ2) is 4.97. The second-order valence-electron chi connectivity index (χ2n) is 4.51. The summed E-state index contributed by atoms with van der Waals surface area (Å²) < 4.78 is 14.3. The standard InChI is InChI=1S/C13H9BrFIN2O/c14-9-5-7(15)3-4-8(9)12-17-11(6-1-2-6)10(16)13(19)18-12/h3-6H,1-2H2,(H,17,18,19). The minimum absolute atomic E-state index is 0.135. The van der Waals surface area contributed by atoms with Gasteiger partial charge in [-0.3, -0.25) is 4.79 Å². The van der Waals surface area contributed by atoms with Gasteiger partial charge in [-0.25, -0.2) is 9.37 Å². The van der Waals surface area contributed by atoms with E-state index in [1.807, 2.05) is 22.6 Å². The third-order valence-corrected chi connectivity index (χ3v) is 4.74. The SMILES string of the molecule is O=c1[nH]c(-c2ccc(F)cc2Br)nc(C2CC2)c1I. The van der Waals surface area contributed by atoms with E-state index >= 15 is 0 Å². The molecule has 1 N–H and O–H groups in total. The van der Waals surface area contributed by atoms with Crippen LogP contribution in [-0.2, 0) is 0 Å². The largest absolute Gasteiger partial charge is 0.306 e. The number of nitrogens with zero attached hydrogens (tertiary/aromatic N) is 1. The quantitative estimate of drug-likeness (QED) is 0.730. The molecule has 0 radical (unpaired) electrons. The van der Waals surface area contributed by atoms with E-state index in [2.05, 4.69) is 25.9 Å². The van der Waals surface area contributed by atoms with E-state index in [1.165, 1.54) is 12.1 Å². The maximum absolute atomic E-state index is 13.1. The molecule has 98 valence electrons. The van der Waals surface area contributed by atoms with Crippen LogP contribution in [0.3, 0.4) is 0 Å². The molecule has 19 heavy (non-hydrogen) atoms. The molecule has 0 unspecified atom stereocenters. The van der Waals surface area contributed by atoms with Crippen molar-refractivity contribution in [3.63, 3.8) is 0 Å². The number of halogens is 3. The first-order chi connectivity index (χ1) is 9.06. The van der Waals surface area contributed by atoms with Crippen LogP contribution < -0.4 is 5.56 Å². The van der Waals surface area contributed by atoms with Crippen molar-refractivity contribution >= 4 is 38.5 Å². The molecular weight excluding hydrogens is 426 g/mol. The van der Waals surface area contributed by atoms with Gasteiger partial charge in [-0.15, -0.1) is 0 Å². The van der Waals surface area contributed by atoms with Gasteiger partial charge in [0.1, 0.15) is 11.6 Å². The van der Waals surface area contributed by atoms with Gasteiger partial charge in [0.25, 0.3) is 5.56 Å². The highest BCUT2D eigenvalue weighted by molar-refractivity contribution is 14.1. The summed E-state index contributed by atoms with van der Waals surface area (Å²) in [5, 5.41) is 0. The summed E-state index contributed by atoms with van der Waals surface area (Å²) >= 11 is 5.33. The number of rotatable bonds is 2. The molecule has 0 amide bonds. The van der Waals surface area contributed by atoms with E-state index in [9.17, 15) is 9.18 Å². The maximum Gasteiger partial charge on any atom is 0.264 e. The highest BCUT2D eigenvalue weighted by atomic mass is 127. The lowest BCUT2D eigenvalue weighted by Gasteiger charge is -2.07. The summed E-state index contributed by atoms with van der Waals surface area (Å²) in [5.41, 5.74) is 1.41. The van der Waals surface area contributed by atoms with E-state index in [1.54, 1.807) is 6.07 Å². The maximum atomic E-state index is 13.1. The summed E-state index contributed by atoms with van der Waals surface area (Å²) in [5.74, 6) is 0.553. The molecule has 6 heteroatoms. The topological polar surface area (TPSA) is 45.8 Å². The van der Waals surface area contributed by atoms with Gasteiger partial charge in [0.05, 0.1) is 9.26 Å². The van der Waals surface area contributed by atoms with Crippen molar-refractivity contribution in [3.8, 4) is 11.4 Å². The van der Waals surface area contributed by atoms with Crippen molar-refractivity contribution in [3.05, 3.63) is 48.1 Å². The Morgan fingerprint density at radius 2 is 2.16 bits per heavy atom. The summed E-state index contributed by atoms with van der Waals surface area (Å²) in [6.07, 6.45) is 2.16. The zero-order chi connectivity index (χ0) is 13.6. The Morgan fingerprint density at radius 1 is 1.42 bits per heavy atom. The van der Waals surface area contributed by atoms with E-state index in [4.69, 9.17) is 0 Å². The molecule has 0 aliphatic heterocycles. The van der Waals surface area contributed by atoms with Crippen molar-refractivity contribution in [2.24, 2.45) is 0 Å². The Morgan fingerprint density at radius 3 is 2.79 bits per heavy atom. The van der Waals surface area contributed by atoms with Gasteiger partial charge in [0.15, 0.2) is 0 Å². The molecule has 0 saturated heterocycles. The van der Waals surface area contributed by atoms with Crippen LogP contribution in [0.4, 0.5) is 4.39 Å². The van der Waals surface area contributed by atoms with Crippen molar-refractivity contribution in [1.82, 2.24) is 9.97 Å². The summed E-state index contributed by atoms with van der Waals surface area (Å²) in [6, 6.07) is 4.33. The summed E-state index contributed by atoms with van der Waals surface area (Å²) in [4.78, 5) is 19.2. The number of hydrogen-bond donors (Lipinski definition) is 1. The van der Waals surface area contributed by atoms with Gasteiger partial charge in [0, 0.05) is 16.0 Å². The van der Waals surface area contributed by atoms with Crippen molar-refractivity contribution < 1.29 is 4.39 Å². The highest BCUT2D eigenvalue weighted by Gasteiger charge is 2.29. The predicted molar refractivity (Wildman–Crippen MR) is 82.6 cm³/mol. The van der Waals surface area contributed by atoms with Gasteiger partial charge in [0.2, 0.25) is 0 Å². The monoisotopic (exact) mass is 434 g/mol. The number of nitrogens with one attached hydrogen (secondary N) is 1. The summed E-state index contributed by atoms with van der Waals surface area (Å²) in [7, 11) is 0. The molecule has 1 aromatic carbocycles. The highest BCUT2D eigenvalue weighted by Crippen LogP contribution is 2.40. The van der Waals surface area contributed by atoms with Gasteiger partial charge in [-0.2, -0.15) is 0 Å². The zero-order valence-electron chi connectivity index (χ0n) is 9.71. The molecule has 1 heterocycles. The lowest BCUT2D eigenvalue weighted by Crippen LogP contribution is -2.16.